The Morgan fingerprint density at radius 3 is 2.26 bits per heavy atom. The van der Waals surface area contributed by atoms with Gasteiger partial charge in [0.25, 0.3) is 5.91 Å². The van der Waals surface area contributed by atoms with Gasteiger partial charge >= 0.3 is 0 Å². The number of amides is 2. The minimum atomic E-state index is -0.380. The molecule has 0 fully saturated rings. The molecule has 1 aromatic heterocycles. The number of likely N-dealkylation sites (N-methyl/N-ethyl adjacent to an activating group) is 1. The number of rotatable bonds is 6. The van der Waals surface area contributed by atoms with Gasteiger partial charge in [-0.25, -0.2) is 4.98 Å². The van der Waals surface area contributed by atoms with Gasteiger partial charge in [0.05, 0.1) is 17.1 Å². The molecule has 0 bridgehead atoms. The van der Waals surface area contributed by atoms with Crippen molar-refractivity contribution in [1.29, 1.82) is 0 Å². The second kappa shape index (κ2) is 8.83. The van der Waals surface area contributed by atoms with Gasteiger partial charge in [0.1, 0.15) is 12.4 Å². The summed E-state index contributed by atoms with van der Waals surface area (Å²) in [7, 11) is 1.76. The third-order valence-electron chi connectivity index (χ3n) is 5.27. The fourth-order valence-electron chi connectivity index (χ4n) is 3.56. The SMILES string of the molecule is CC(NC(=O)c1ccccc1)c1nc2ccccc2n1CC(=O)N(C)c1ccccc1. The zero-order valence-corrected chi connectivity index (χ0v) is 17.5. The first kappa shape index (κ1) is 20.3. The molecule has 2 amide bonds. The fraction of sp³-hybridized carbons (Fsp3) is 0.160. The summed E-state index contributed by atoms with van der Waals surface area (Å²) in [5.74, 6) is 0.386. The Kier molecular flexibility index (Phi) is 5.80. The molecule has 1 atom stereocenters. The Balaban J connectivity index is 1.63. The molecule has 31 heavy (non-hydrogen) atoms. The molecule has 0 saturated heterocycles. The van der Waals surface area contributed by atoms with Crippen LogP contribution in [-0.4, -0.2) is 28.4 Å². The van der Waals surface area contributed by atoms with Crippen LogP contribution in [0, 0.1) is 0 Å². The topological polar surface area (TPSA) is 67.2 Å². The Labute approximate surface area is 181 Å². The van der Waals surface area contributed by atoms with Gasteiger partial charge in [-0.3, -0.25) is 9.59 Å². The summed E-state index contributed by atoms with van der Waals surface area (Å²) in [6.07, 6.45) is 0. The van der Waals surface area contributed by atoms with Crippen LogP contribution in [-0.2, 0) is 11.3 Å². The summed E-state index contributed by atoms with van der Waals surface area (Å²) < 4.78 is 1.88. The van der Waals surface area contributed by atoms with E-state index in [4.69, 9.17) is 4.98 Å². The van der Waals surface area contributed by atoms with Gasteiger partial charge in [-0.15, -0.1) is 0 Å². The lowest BCUT2D eigenvalue weighted by Gasteiger charge is -2.20. The van der Waals surface area contributed by atoms with E-state index >= 15 is 0 Å². The standard InChI is InChI=1S/C25H24N4O2/c1-18(26-25(31)19-11-5-3-6-12-19)24-27-21-15-9-10-16-22(21)29(24)17-23(30)28(2)20-13-7-4-8-14-20/h3-16,18H,17H2,1-2H3,(H,26,31). The molecule has 156 valence electrons. The lowest BCUT2D eigenvalue weighted by molar-refractivity contribution is -0.118. The third-order valence-corrected chi connectivity index (χ3v) is 5.27. The van der Waals surface area contributed by atoms with Crippen molar-refractivity contribution in [2.45, 2.75) is 19.5 Å². The highest BCUT2D eigenvalue weighted by Gasteiger charge is 2.22. The summed E-state index contributed by atoms with van der Waals surface area (Å²) in [6.45, 7) is 2.00. The van der Waals surface area contributed by atoms with Crippen molar-refractivity contribution < 1.29 is 9.59 Å². The maximum absolute atomic E-state index is 13.1. The lowest BCUT2D eigenvalue weighted by atomic mass is 10.2. The molecule has 0 radical (unpaired) electrons. The third kappa shape index (κ3) is 4.33. The van der Waals surface area contributed by atoms with E-state index in [9.17, 15) is 9.59 Å². The first-order valence-corrected chi connectivity index (χ1v) is 10.2. The van der Waals surface area contributed by atoms with Crippen molar-refractivity contribution in [1.82, 2.24) is 14.9 Å². The van der Waals surface area contributed by atoms with Crippen molar-refractivity contribution in [2.24, 2.45) is 0 Å². The Morgan fingerprint density at radius 1 is 0.935 bits per heavy atom. The van der Waals surface area contributed by atoms with E-state index in [-0.39, 0.29) is 24.4 Å². The zero-order valence-electron chi connectivity index (χ0n) is 17.5. The van der Waals surface area contributed by atoms with E-state index in [0.717, 1.165) is 16.7 Å². The van der Waals surface area contributed by atoms with E-state index in [0.29, 0.717) is 11.4 Å². The minimum Gasteiger partial charge on any atom is -0.342 e. The predicted molar refractivity (Wildman–Crippen MR) is 122 cm³/mol. The van der Waals surface area contributed by atoms with Crippen LogP contribution in [0.25, 0.3) is 11.0 Å². The maximum Gasteiger partial charge on any atom is 0.251 e. The summed E-state index contributed by atoms with van der Waals surface area (Å²) in [6, 6.07) is 25.9. The Bertz CT molecular complexity index is 1200. The lowest BCUT2D eigenvalue weighted by Crippen LogP contribution is -2.33. The van der Waals surface area contributed by atoms with Gasteiger partial charge in [0.2, 0.25) is 5.91 Å². The number of hydrogen-bond acceptors (Lipinski definition) is 3. The van der Waals surface area contributed by atoms with Crippen LogP contribution in [0.4, 0.5) is 5.69 Å². The summed E-state index contributed by atoms with van der Waals surface area (Å²) in [5.41, 5.74) is 3.04. The second-order valence-corrected chi connectivity index (χ2v) is 7.39. The smallest absolute Gasteiger partial charge is 0.251 e. The number of hydrogen-bond donors (Lipinski definition) is 1. The van der Waals surface area contributed by atoms with Crippen LogP contribution in [0.15, 0.2) is 84.9 Å². The average Bonchev–Trinajstić information content (AvgIpc) is 3.18. The molecule has 0 aliphatic rings. The molecule has 0 aliphatic heterocycles. The molecule has 3 aromatic carbocycles. The highest BCUT2D eigenvalue weighted by Crippen LogP contribution is 2.22. The van der Waals surface area contributed by atoms with E-state index in [1.807, 2.05) is 84.3 Å². The molecule has 4 rings (SSSR count). The van der Waals surface area contributed by atoms with E-state index in [1.54, 1.807) is 24.1 Å². The van der Waals surface area contributed by atoms with Crippen molar-refractivity contribution in [3.63, 3.8) is 0 Å². The summed E-state index contributed by atoms with van der Waals surface area (Å²) >= 11 is 0. The van der Waals surface area contributed by atoms with Gasteiger partial charge < -0.3 is 14.8 Å². The number of benzene rings is 3. The average molecular weight is 412 g/mol. The monoisotopic (exact) mass is 412 g/mol. The first-order valence-electron chi connectivity index (χ1n) is 10.2. The van der Waals surface area contributed by atoms with Gasteiger partial charge in [-0.1, -0.05) is 48.5 Å². The van der Waals surface area contributed by atoms with Gasteiger partial charge in [-0.2, -0.15) is 0 Å². The number of carbonyl (C=O) groups excluding carboxylic acids is 2. The normalized spacial score (nSPS) is 11.8. The molecule has 0 spiro atoms. The molecule has 6 heteroatoms. The molecular formula is C25H24N4O2. The quantitative estimate of drug-likeness (QED) is 0.516. The number of fused-ring (bicyclic) bond motifs is 1. The molecule has 1 heterocycles. The van der Waals surface area contributed by atoms with Crippen LogP contribution < -0.4 is 10.2 Å². The molecule has 4 aromatic rings. The number of anilines is 1. The molecule has 1 unspecified atom stereocenters. The maximum atomic E-state index is 13.1. The van der Waals surface area contributed by atoms with E-state index in [1.165, 1.54) is 0 Å². The highest BCUT2D eigenvalue weighted by molar-refractivity contribution is 5.95. The fourth-order valence-corrected chi connectivity index (χ4v) is 3.56. The van der Waals surface area contributed by atoms with E-state index < -0.39 is 0 Å². The number of imidazole rings is 1. The molecular weight excluding hydrogens is 388 g/mol. The van der Waals surface area contributed by atoms with Gasteiger partial charge in [-0.05, 0) is 43.3 Å². The number of nitrogens with one attached hydrogen (secondary N) is 1. The van der Waals surface area contributed by atoms with Crippen molar-refractivity contribution >= 4 is 28.5 Å². The largest absolute Gasteiger partial charge is 0.342 e. The molecule has 6 nitrogen and oxygen atoms in total. The van der Waals surface area contributed by atoms with Crippen molar-refractivity contribution in [3.8, 4) is 0 Å². The molecule has 0 aliphatic carbocycles. The van der Waals surface area contributed by atoms with E-state index in [2.05, 4.69) is 5.32 Å². The summed E-state index contributed by atoms with van der Waals surface area (Å²) in [4.78, 5) is 32.1. The predicted octanol–water partition coefficient (Wildman–Crippen LogP) is 4.19. The van der Waals surface area contributed by atoms with Crippen LogP contribution in [0.3, 0.4) is 0 Å². The number of para-hydroxylation sites is 3. The Morgan fingerprint density at radius 2 is 1.55 bits per heavy atom. The molecule has 0 saturated carbocycles. The number of aromatic nitrogens is 2. The minimum absolute atomic E-state index is 0.0720. The second-order valence-electron chi connectivity index (χ2n) is 7.39. The zero-order chi connectivity index (χ0) is 21.8. The van der Waals surface area contributed by atoms with Gasteiger partial charge in [0, 0.05) is 18.3 Å². The van der Waals surface area contributed by atoms with Crippen LogP contribution in [0.2, 0.25) is 0 Å². The summed E-state index contributed by atoms with van der Waals surface area (Å²) in [5, 5.41) is 3.00. The Hall–Kier alpha value is -3.93. The number of nitrogens with zero attached hydrogens (tertiary/aromatic N) is 3. The van der Waals surface area contributed by atoms with Crippen molar-refractivity contribution in [3.05, 3.63) is 96.3 Å². The van der Waals surface area contributed by atoms with Gasteiger partial charge in [0.15, 0.2) is 0 Å². The number of carbonyl (C=O) groups is 2. The first-order chi connectivity index (χ1) is 15.0. The van der Waals surface area contributed by atoms with Crippen molar-refractivity contribution in [2.75, 3.05) is 11.9 Å². The van der Waals surface area contributed by atoms with Crippen LogP contribution in [0.1, 0.15) is 29.1 Å². The molecule has 1 N–H and O–H groups in total. The van der Waals surface area contributed by atoms with Crippen LogP contribution >= 0.6 is 0 Å². The van der Waals surface area contributed by atoms with Crippen LogP contribution in [0.5, 0.6) is 0 Å². The highest BCUT2D eigenvalue weighted by atomic mass is 16.2.